The zero-order valence-electron chi connectivity index (χ0n) is 15.4. The van der Waals surface area contributed by atoms with Gasteiger partial charge in [-0.15, -0.1) is 0 Å². The van der Waals surface area contributed by atoms with E-state index >= 15 is 0 Å². The summed E-state index contributed by atoms with van der Waals surface area (Å²) in [5, 5.41) is 14.3. The average Bonchev–Trinajstić information content (AvgIpc) is 3.17. The van der Waals surface area contributed by atoms with Gasteiger partial charge >= 0.3 is 0 Å². The van der Waals surface area contributed by atoms with Crippen molar-refractivity contribution in [1.82, 2.24) is 30.1 Å². The molecule has 9 heteroatoms. The number of benzene rings is 1. The molecule has 0 spiro atoms. The third kappa shape index (κ3) is 3.60. The number of aromatic nitrogens is 6. The van der Waals surface area contributed by atoms with E-state index in [0.29, 0.717) is 29.8 Å². The summed E-state index contributed by atoms with van der Waals surface area (Å²) in [6, 6.07) is 12.0. The largest absolute Gasteiger partial charge is 0.357 e. The lowest BCUT2D eigenvalue weighted by Crippen LogP contribution is -2.17. The molecule has 4 rings (SSSR count). The minimum absolute atomic E-state index is 0.0291. The van der Waals surface area contributed by atoms with Gasteiger partial charge in [0.1, 0.15) is 0 Å². The van der Waals surface area contributed by atoms with Gasteiger partial charge in [-0.1, -0.05) is 30.3 Å². The Kier molecular flexibility index (Phi) is 5.07. The summed E-state index contributed by atoms with van der Waals surface area (Å²) in [6.45, 7) is 0.558. The lowest BCUT2D eigenvalue weighted by atomic mass is 10.0. The molecule has 0 radical (unpaired) electrons. The van der Waals surface area contributed by atoms with E-state index in [0.717, 1.165) is 23.1 Å². The van der Waals surface area contributed by atoms with Crippen LogP contribution in [0.4, 0.5) is 11.9 Å². The molecule has 5 N–H and O–H groups in total. The molecular weight excluding hydrogens is 354 g/mol. The predicted molar refractivity (Wildman–Crippen MR) is 109 cm³/mol. The van der Waals surface area contributed by atoms with Gasteiger partial charge < -0.3 is 16.4 Å². The molecule has 3 heterocycles. The van der Waals surface area contributed by atoms with Gasteiger partial charge in [-0.3, -0.25) is 5.10 Å². The molecule has 0 aliphatic carbocycles. The van der Waals surface area contributed by atoms with Crippen molar-refractivity contribution in [1.29, 1.82) is 0 Å². The number of hydrogen-bond acceptors (Lipinski definition) is 8. The second-order valence-electron chi connectivity index (χ2n) is 6.23. The highest BCUT2D eigenvalue weighted by atomic mass is 15.2. The standard InChI is InChI=1S/C19H21N9/c1-21-18-23-11-13-16(27-28-17(13)26-18)15-8-10-22-19(25-15)24-14(7-9-20)12-5-3-2-4-6-12/h2-6,8,10-11,14H,7,9,20H2,1H3,(H,22,24,25)(H2,21,23,26,27,28). The van der Waals surface area contributed by atoms with Gasteiger partial charge in [-0.25, -0.2) is 15.0 Å². The van der Waals surface area contributed by atoms with Crippen LogP contribution in [0.5, 0.6) is 0 Å². The highest BCUT2D eigenvalue weighted by molar-refractivity contribution is 5.89. The van der Waals surface area contributed by atoms with Crippen LogP contribution in [-0.4, -0.2) is 43.7 Å². The maximum absolute atomic E-state index is 5.80. The first-order chi connectivity index (χ1) is 13.8. The fourth-order valence-corrected chi connectivity index (χ4v) is 3.02. The number of nitrogens with zero attached hydrogens (tertiary/aromatic N) is 5. The maximum atomic E-state index is 5.80. The van der Waals surface area contributed by atoms with Crippen molar-refractivity contribution < 1.29 is 0 Å². The molecule has 9 nitrogen and oxygen atoms in total. The quantitative estimate of drug-likeness (QED) is 0.387. The predicted octanol–water partition coefficient (Wildman–Crippen LogP) is 2.35. The number of hydrogen-bond donors (Lipinski definition) is 4. The molecule has 4 aromatic rings. The molecule has 1 unspecified atom stereocenters. The lowest BCUT2D eigenvalue weighted by Gasteiger charge is -2.18. The molecule has 0 amide bonds. The molecule has 3 aromatic heterocycles. The Morgan fingerprint density at radius 2 is 1.93 bits per heavy atom. The molecule has 1 aromatic carbocycles. The van der Waals surface area contributed by atoms with Crippen molar-refractivity contribution in [3.05, 3.63) is 54.4 Å². The molecule has 28 heavy (non-hydrogen) atoms. The second kappa shape index (κ2) is 7.97. The summed E-state index contributed by atoms with van der Waals surface area (Å²) >= 11 is 0. The monoisotopic (exact) mass is 375 g/mol. The average molecular weight is 375 g/mol. The second-order valence-corrected chi connectivity index (χ2v) is 6.23. The maximum Gasteiger partial charge on any atom is 0.224 e. The van der Waals surface area contributed by atoms with Gasteiger partial charge in [0.15, 0.2) is 5.65 Å². The summed E-state index contributed by atoms with van der Waals surface area (Å²) in [6.07, 6.45) is 4.21. The Morgan fingerprint density at radius 3 is 2.71 bits per heavy atom. The van der Waals surface area contributed by atoms with Crippen molar-refractivity contribution in [3.8, 4) is 11.4 Å². The Balaban J connectivity index is 1.64. The van der Waals surface area contributed by atoms with Gasteiger partial charge in [0.25, 0.3) is 0 Å². The Bertz CT molecular complexity index is 1060. The van der Waals surface area contributed by atoms with Gasteiger partial charge in [-0.05, 0) is 24.6 Å². The summed E-state index contributed by atoms with van der Waals surface area (Å²) in [5.74, 6) is 1.04. The first-order valence-electron chi connectivity index (χ1n) is 9.02. The van der Waals surface area contributed by atoms with Crippen molar-refractivity contribution in [2.24, 2.45) is 5.73 Å². The fourth-order valence-electron chi connectivity index (χ4n) is 3.02. The molecule has 0 saturated heterocycles. The summed E-state index contributed by atoms with van der Waals surface area (Å²) in [5.41, 5.74) is 8.97. The van der Waals surface area contributed by atoms with E-state index in [2.05, 4.69) is 52.9 Å². The Hall–Kier alpha value is -3.59. The van der Waals surface area contributed by atoms with Gasteiger partial charge in [0, 0.05) is 19.4 Å². The number of aromatic amines is 1. The first kappa shape index (κ1) is 17.8. The van der Waals surface area contributed by atoms with Crippen LogP contribution >= 0.6 is 0 Å². The molecule has 0 fully saturated rings. The zero-order chi connectivity index (χ0) is 19.3. The van der Waals surface area contributed by atoms with Crippen LogP contribution in [0.2, 0.25) is 0 Å². The molecule has 0 aliphatic rings. The molecule has 142 valence electrons. The third-order valence-corrected chi connectivity index (χ3v) is 4.41. The topological polar surface area (TPSA) is 130 Å². The smallest absolute Gasteiger partial charge is 0.224 e. The van der Waals surface area contributed by atoms with Gasteiger partial charge in [0.05, 0.1) is 22.8 Å². The van der Waals surface area contributed by atoms with E-state index in [9.17, 15) is 0 Å². The number of fused-ring (bicyclic) bond motifs is 1. The Morgan fingerprint density at radius 1 is 1.07 bits per heavy atom. The van der Waals surface area contributed by atoms with E-state index in [1.165, 1.54) is 0 Å². The minimum atomic E-state index is 0.0291. The molecule has 0 saturated carbocycles. The van der Waals surface area contributed by atoms with Crippen LogP contribution in [0.15, 0.2) is 48.8 Å². The highest BCUT2D eigenvalue weighted by Gasteiger charge is 2.15. The molecule has 0 aliphatic heterocycles. The van der Waals surface area contributed by atoms with Crippen molar-refractivity contribution in [2.45, 2.75) is 12.5 Å². The van der Waals surface area contributed by atoms with Crippen LogP contribution in [-0.2, 0) is 0 Å². The van der Waals surface area contributed by atoms with E-state index in [4.69, 9.17) is 5.73 Å². The fraction of sp³-hybridized carbons (Fsp3) is 0.211. The van der Waals surface area contributed by atoms with Crippen molar-refractivity contribution in [2.75, 3.05) is 24.2 Å². The van der Waals surface area contributed by atoms with Crippen molar-refractivity contribution in [3.63, 3.8) is 0 Å². The van der Waals surface area contributed by atoms with E-state index in [1.807, 2.05) is 24.3 Å². The number of nitrogens with one attached hydrogen (secondary N) is 3. The molecular formula is C19H21N9. The number of H-pyrrole nitrogens is 1. The Labute approximate surface area is 161 Å². The summed E-state index contributed by atoms with van der Waals surface area (Å²) < 4.78 is 0. The number of anilines is 2. The van der Waals surface area contributed by atoms with Gasteiger partial charge in [-0.2, -0.15) is 10.1 Å². The van der Waals surface area contributed by atoms with E-state index < -0.39 is 0 Å². The summed E-state index contributed by atoms with van der Waals surface area (Å²) in [7, 11) is 1.77. The first-order valence-corrected chi connectivity index (χ1v) is 9.02. The molecule has 1 atom stereocenters. The van der Waals surface area contributed by atoms with E-state index in [-0.39, 0.29) is 6.04 Å². The number of nitrogens with two attached hydrogens (primary N) is 1. The lowest BCUT2D eigenvalue weighted by molar-refractivity contribution is 0.696. The zero-order valence-corrected chi connectivity index (χ0v) is 15.4. The minimum Gasteiger partial charge on any atom is -0.357 e. The van der Waals surface area contributed by atoms with Crippen LogP contribution in [0, 0.1) is 0 Å². The van der Waals surface area contributed by atoms with E-state index in [1.54, 1.807) is 19.4 Å². The number of rotatable bonds is 7. The van der Waals surface area contributed by atoms with Crippen LogP contribution in [0.3, 0.4) is 0 Å². The normalized spacial score (nSPS) is 12.1. The highest BCUT2D eigenvalue weighted by Crippen LogP contribution is 2.25. The van der Waals surface area contributed by atoms with Crippen molar-refractivity contribution >= 4 is 22.9 Å². The SMILES string of the molecule is CNc1ncc2c(-c3ccnc(NC(CCN)c4ccccc4)n3)[nH]nc2n1. The van der Waals surface area contributed by atoms with Crippen LogP contribution in [0.25, 0.3) is 22.4 Å². The van der Waals surface area contributed by atoms with Gasteiger partial charge in [0.2, 0.25) is 11.9 Å². The molecule has 0 bridgehead atoms. The van der Waals surface area contributed by atoms with Crippen LogP contribution < -0.4 is 16.4 Å². The summed E-state index contributed by atoms with van der Waals surface area (Å²) in [4.78, 5) is 17.6. The van der Waals surface area contributed by atoms with Crippen LogP contribution in [0.1, 0.15) is 18.0 Å². The third-order valence-electron chi connectivity index (χ3n) is 4.41.